The average molecular weight is 386 g/mol. The molecule has 2 aliphatic rings. The lowest BCUT2D eigenvalue weighted by atomic mass is 9.90. The highest BCUT2D eigenvalue weighted by atomic mass is 35.5. The maximum Gasteiger partial charge on any atom is 0.0595 e. The maximum absolute atomic E-state index is 6.24. The molecular weight excluding hydrogens is 362 g/mol. The van der Waals surface area contributed by atoms with E-state index in [1.165, 1.54) is 31.2 Å². The lowest BCUT2D eigenvalue weighted by molar-refractivity contribution is 0.125. The molecule has 1 saturated carbocycles. The number of halogens is 4. The molecule has 1 aromatic carbocycles. The molecule has 1 heterocycles. The molecule has 0 aromatic heterocycles. The summed E-state index contributed by atoms with van der Waals surface area (Å²) in [6, 6.07) is 6.70. The molecule has 6 heteroatoms. The fourth-order valence-electron chi connectivity index (χ4n) is 3.71. The molecule has 0 unspecified atom stereocenters. The summed E-state index contributed by atoms with van der Waals surface area (Å²) in [6.07, 6.45) is 5.42. The van der Waals surface area contributed by atoms with Crippen molar-refractivity contribution in [3.63, 3.8) is 0 Å². The van der Waals surface area contributed by atoms with E-state index in [2.05, 4.69) is 22.3 Å². The van der Waals surface area contributed by atoms with Crippen LogP contribution in [-0.4, -0.2) is 31.1 Å². The first-order valence-electron chi connectivity index (χ1n) is 7.65. The second-order valence-electron chi connectivity index (χ2n) is 5.95. The van der Waals surface area contributed by atoms with Crippen molar-refractivity contribution >= 4 is 48.0 Å². The Kier molecular flexibility index (Phi) is 8.84. The van der Waals surface area contributed by atoms with Crippen molar-refractivity contribution in [2.75, 3.05) is 26.2 Å². The first-order valence-corrected chi connectivity index (χ1v) is 8.41. The predicted octanol–water partition coefficient (Wildman–Crippen LogP) is 4.97. The Labute approximate surface area is 155 Å². The Morgan fingerprint density at radius 2 is 1.64 bits per heavy atom. The minimum absolute atomic E-state index is 0. The van der Waals surface area contributed by atoms with Crippen LogP contribution in [0.3, 0.4) is 0 Å². The number of benzene rings is 1. The molecule has 0 spiro atoms. The van der Waals surface area contributed by atoms with Crippen molar-refractivity contribution in [1.29, 1.82) is 0 Å². The maximum atomic E-state index is 6.24. The van der Waals surface area contributed by atoms with Gasteiger partial charge in [0.2, 0.25) is 0 Å². The predicted molar refractivity (Wildman–Crippen MR) is 100 cm³/mol. The van der Waals surface area contributed by atoms with Crippen LogP contribution in [0.25, 0.3) is 0 Å². The third-order valence-corrected chi connectivity index (χ3v) is 5.42. The van der Waals surface area contributed by atoms with Crippen LogP contribution in [0.1, 0.15) is 37.3 Å². The third kappa shape index (κ3) is 4.66. The van der Waals surface area contributed by atoms with E-state index in [-0.39, 0.29) is 24.8 Å². The highest BCUT2D eigenvalue weighted by molar-refractivity contribution is 6.42. The number of hydrogen-bond donors (Lipinski definition) is 1. The number of hydrogen-bond acceptors (Lipinski definition) is 2. The van der Waals surface area contributed by atoms with Crippen LogP contribution in [0.15, 0.2) is 18.2 Å². The van der Waals surface area contributed by atoms with Gasteiger partial charge in [0.05, 0.1) is 10.0 Å². The van der Waals surface area contributed by atoms with Gasteiger partial charge in [0.1, 0.15) is 0 Å². The van der Waals surface area contributed by atoms with E-state index in [1.54, 1.807) is 0 Å². The Morgan fingerprint density at radius 3 is 2.23 bits per heavy atom. The second-order valence-corrected chi connectivity index (χ2v) is 6.76. The normalized spacial score (nSPS) is 21.0. The number of nitrogens with one attached hydrogen (secondary N) is 1. The standard InChI is InChI=1S/C16H22Cl2N2.2ClH/c17-14-6-5-13(11-15(14)18)16(12-3-1-2-4-12)20-9-7-19-8-10-20;;/h5-6,11-12,16,19H,1-4,7-10H2;2*1H/t16-;;/m0../s1. The molecule has 1 aromatic rings. The van der Waals surface area contributed by atoms with Crippen molar-refractivity contribution in [2.45, 2.75) is 31.7 Å². The summed E-state index contributed by atoms with van der Waals surface area (Å²) < 4.78 is 0. The molecular formula is C16H24Cl4N2. The Balaban J connectivity index is 0.00000121. The number of nitrogens with zero attached hydrogens (tertiary/aromatic N) is 1. The van der Waals surface area contributed by atoms with E-state index >= 15 is 0 Å². The minimum atomic E-state index is 0. The summed E-state index contributed by atoms with van der Waals surface area (Å²) in [5.74, 6) is 0.769. The Hall–Kier alpha value is 0.300. The van der Waals surface area contributed by atoms with E-state index in [0.717, 1.165) is 32.1 Å². The van der Waals surface area contributed by atoms with Gasteiger partial charge in [0.25, 0.3) is 0 Å². The van der Waals surface area contributed by atoms with Gasteiger partial charge in [-0.1, -0.05) is 42.1 Å². The van der Waals surface area contributed by atoms with Crippen molar-refractivity contribution in [2.24, 2.45) is 5.92 Å². The average Bonchev–Trinajstić information content (AvgIpc) is 2.98. The molecule has 0 amide bonds. The van der Waals surface area contributed by atoms with Crippen LogP contribution in [0.2, 0.25) is 10.0 Å². The van der Waals surface area contributed by atoms with Crippen LogP contribution >= 0.6 is 48.0 Å². The molecule has 0 bridgehead atoms. The zero-order valence-electron chi connectivity index (χ0n) is 12.6. The fourth-order valence-corrected chi connectivity index (χ4v) is 4.02. The topological polar surface area (TPSA) is 15.3 Å². The summed E-state index contributed by atoms with van der Waals surface area (Å²) in [5.41, 5.74) is 1.34. The Morgan fingerprint density at radius 1 is 1.00 bits per heavy atom. The lowest BCUT2D eigenvalue weighted by Crippen LogP contribution is -2.46. The molecule has 1 aliphatic heterocycles. The summed E-state index contributed by atoms with van der Waals surface area (Å²) in [7, 11) is 0. The number of rotatable bonds is 3. The van der Waals surface area contributed by atoms with E-state index < -0.39 is 0 Å². The summed E-state index contributed by atoms with van der Waals surface area (Å²) >= 11 is 12.3. The largest absolute Gasteiger partial charge is 0.314 e. The molecule has 1 atom stereocenters. The quantitative estimate of drug-likeness (QED) is 0.789. The van der Waals surface area contributed by atoms with Gasteiger partial charge in [-0.3, -0.25) is 4.90 Å². The monoisotopic (exact) mass is 384 g/mol. The van der Waals surface area contributed by atoms with Crippen molar-refractivity contribution in [3.05, 3.63) is 33.8 Å². The smallest absolute Gasteiger partial charge is 0.0595 e. The van der Waals surface area contributed by atoms with E-state index in [4.69, 9.17) is 23.2 Å². The Bertz CT molecular complexity index is 457. The van der Waals surface area contributed by atoms with Crippen LogP contribution in [-0.2, 0) is 0 Å². The SMILES string of the molecule is Cl.Cl.Clc1ccc([C@H](C2CCCC2)N2CCNCC2)cc1Cl. The van der Waals surface area contributed by atoms with Crippen LogP contribution < -0.4 is 5.32 Å². The molecule has 2 fully saturated rings. The third-order valence-electron chi connectivity index (χ3n) is 4.68. The van der Waals surface area contributed by atoms with Gasteiger partial charge in [-0.25, -0.2) is 0 Å². The molecule has 2 nitrogen and oxygen atoms in total. The zero-order chi connectivity index (χ0) is 13.9. The van der Waals surface area contributed by atoms with E-state index in [0.29, 0.717) is 16.1 Å². The molecule has 3 rings (SSSR count). The zero-order valence-corrected chi connectivity index (χ0v) is 15.7. The molecule has 1 aliphatic carbocycles. The van der Waals surface area contributed by atoms with Gasteiger partial charge in [-0.15, -0.1) is 24.8 Å². The van der Waals surface area contributed by atoms with Gasteiger partial charge < -0.3 is 5.32 Å². The van der Waals surface area contributed by atoms with Gasteiger partial charge in [-0.2, -0.15) is 0 Å². The lowest BCUT2D eigenvalue weighted by Gasteiger charge is -2.38. The summed E-state index contributed by atoms with van der Waals surface area (Å²) in [6.45, 7) is 4.43. The first kappa shape index (κ1) is 20.3. The first-order chi connectivity index (χ1) is 9.75. The second kappa shape index (κ2) is 9.56. The fraction of sp³-hybridized carbons (Fsp3) is 0.625. The number of piperazine rings is 1. The van der Waals surface area contributed by atoms with Gasteiger partial charge in [-0.05, 0) is 36.5 Å². The molecule has 22 heavy (non-hydrogen) atoms. The highest BCUT2D eigenvalue weighted by Crippen LogP contribution is 2.40. The highest BCUT2D eigenvalue weighted by Gasteiger charge is 2.32. The minimum Gasteiger partial charge on any atom is -0.314 e. The van der Waals surface area contributed by atoms with Gasteiger partial charge >= 0.3 is 0 Å². The summed E-state index contributed by atoms with van der Waals surface area (Å²) in [5, 5.41) is 4.78. The van der Waals surface area contributed by atoms with Gasteiger partial charge in [0.15, 0.2) is 0 Å². The van der Waals surface area contributed by atoms with Crippen LogP contribution in [0, 0.1) is 5.92 Å². The molecule has 0 radical (unpaired) electrons. The molecule has 126 valence electrons. The molecule has 1 N–H and O–H groups in total. The molecule has 1 saturated heterocycles. The van der Waals surface area contributed by atoms with E-state index in [9.17, 15) is 0 Å². The van der Waals surface area contributed by atoms with Crippen LogP contribution in [0.4, 0.5) is 0 Å². The van der Waals surface area contributed by atoms with E-state index in [1.807, 2.05) is 6.07 Å². The van der Waals surface area contributed by atoms with Crippen molar-refractivity contribution < 1.29 is 0 Å². The van der Waals surface area contributed by atoms with Crippen molar-refractivity contribution in [3.8, 4) is 0 Å². The van der Waals surface area contributed by atoms with Crippen molar-refractivity contribution in [1.82, 2.24) is 10.2 Å². The summed E-state index contributed by atoms with van der Waals surface area (Å²) in [4.78, 5) is 2.63. The van der Waals surface area contributed by atoms with Gasteiger partial charge in [0, 0.05) is 32.2 Å². The van der Waals surface area contributed by atoms with Crippen LogP contribution in [0.5, 0.6) is 0 Å².